The second-order valence-corrected chi connectivity index (χ2v) is 3.13. The first-order valence-electron chi connectivity index (χ1n) is 3.46. The number of aliphatic hydroxyl groups excluding tert-OH is 1. The van der Waals surface area contributed by atoms with Crippen LogP contribution in [0.4, 0.5) is 0 Å². The van der Waals surface area contributed by atoms with Crippen molar-refractivity contribution in [2.24, 2.45) is 0 Å². The minimum absolute atomic E-state index is 0.353. The second kappa shape index (κ2) is 3.88. The van der Waals surface area contributed by atoms with Crippen molar-refractivity contribution < 1.29 is 5.11 Å². The maximum Gasteiger partial charge on any atom is 0.0832 e. The zero-order valence-electron chi connectivity index (χ0n) is 6.37. The zero-order valence-corrected chi connectivity index (χ0v) is 7.95. The fourth-order valence-electron chi connectivity index (χ4n) is 0.830. The highest BCUT2D eigenvalue weighted by Crippen LogP contribution is 1.97. The average molecular weight is 219 g/mol. The number of hydrogen-bond donors (Lipinski definition) is 1. The molecular weight excluding hydrogens is 208 g/mol. The van der Waals surface area contributed by atoms with Gasteiger partial charge in [0.1, 0.15) is 0 Å². The summed E-state index contributed by atoms with van der Waals surface area (Å²) in [6, 6.07) is 1.92. The van der Waals surface area contributed by atoms with Crippen LogP contribution in [0.15, 0.2) is 12.3 Å². The van der Waals surface area contributed by atoms with Crippen LogP contribution in [0.25, 0.3) is 0 Å². The van der Waals surface area contributed by atoms with Gasteiger partial charge >= 0.3 is 0 Å². The van der Waals surface area contributed by atoms with E-state index in [0.29, 0.717) is 11.9 Å². The van der Waals surface area contributed by atoms with Gasteiger partial charge in [-0.1, -0.05) is 15.9 Å². The van der Waals surface area contributed by atoms with Gasteiger partial charge in [-0.25, -0.2) is 0 Å². The van der Waals surface area contributed by atoms with Crippen molar-refractivity contribution in [2.45, 2.75) is 19.6 Å². The van der Waals surface area contributed by atoms with Crippen LogP contribution >= 0.6 is 15.9 Å². The molecule has 0 fully saturated rings. The van der Waals surface area contributed by atoms with Gasteiger partial charge in [0.2, 0.25) is 0 Å². The smallest absolute Gasteiger partial charge is 0.0832 e. The maximum atomic E-state index is 9.21. The van der Waals surface area contributed by atoms with E-state index in [1.165, 1.54) is 0 Å². The number of hydrogen-bond acceptors (Lipinski definition) is 2. The Labute approximate surface area is 74.2 Å². The highest BCUT2D eigenvalue weighted by molar-refractivity contribution is 9.09. The van der Waals surface area contributed by atoms with Crippen molar-refractivity contribution in [3.8, 4) is 0 Å². The predicted molar refractivity (Wildman–Crippen MR) is 46.8 cm³/mol. The predicted octanol–water partition coefficient (Wildman–Crippen LogP) is 0.947. The molecule has 4 heteroatoms. The lowest BCUT2D eigenvalue weighted by Crippen LogP contribution is -2.17. The maximum absolute atomic E-state index is 9.21. The first kappa shape index (κ1) is 8.74. The van der Waals surface area contributed by atoms with E-state index in [2.05, 4.69) is 21.0 Å². The molecular formula is C7H11BrN2O. The van der Waals surface area contributed by atoms with Crippen molar-refractivity contribution in [3.63, 3.8) is 0 Å². The molecule has 0 aliphatic carbocycles. The number of aliphatic hydroxyl groups is 1. The van der Waals surface area contributed by atoms with Crippen molar-refractivity contribution >= 4 is 15.9 Å². The highest BCUT2D eigenvalue weighted by Gasteiger charge is 2.02. The van der Waals surface area contributed by atoms with Crippen LogP contribution in [-0.4, -0.2) is 26.3 Å². The summed E-state index contributed by atoms with van der Waals surface area (Å²) in [6.07, 6.45) is 1.51. The Kier molecular flexibility index (Phi) is 3.08. The summed E-state index contributed by atoms with van der Waals surface area (Å²) in [6.45, 7) is 2.48. The van der Waals surface area contributed by atoms with Crippen LogP contribution in [0.5, 0.6) is 0 Å². The molecule has 1 heterocycles. The molecule has 0 saturated carbocycles. The Morgan fingerprint density at radius 2 is 2.55 bits per heavy atom. The molecule has 0 radical (unpaired) electrons. The van der Waals surface area contributed by atoms with Crippen LogP contribution in [0.2, 0.25) is 0 Å². The third-order valence-electron chi connectivity index (χ3n) is 1.35. The lowest BCUT2D eigenvalue weighted by molar-refractivity contribution is 0.174. The van der Waals surface area contributed by atoms with Gasteiger partial charge in [-0.3, -0.25) is 4.68 Å². The topological polar surface area (TPSA) is 38.0 Å². The molecule has 0 aliphatic rings. The summed E-state index contributed by atoms with van der Waals surface area (Å²) in [5.74, 6) is 0. The first-order chi connectivity index (χ1) is 5.22. The monoisotopic (exact) mass is 218 g/mol. The SMILES string of the molecule is Cc1ccn(CC(O)CBr)n1. The van der Waals surface area contributed by atoms with Gasteiger partial charge in [0.15, 0.2) is 0 Å². The molecule has 0 aromatic carbocycles. The molecule has 1 rings (SSSR count). The Morgan fingerprint density at radius 3 is 3.00 bits per heavy atom. The van der Waals surface area contributed by atoms with Crippen molar-refractivity contribution in [3.05, 3.63) is 18.0 Å². The number of nitrogens with zero attached hydrogens (tertiary/aromatic N) is 2. The Bertz CT molecular complexity index is 224. The number of aromatic nitrogens is 2. The van der Waals surface area contributed by atoms with E-state index in [-0.39, 0.29) is 6.10 Å². The molecule has 0 spiro atoms. The molecule has 3 nitrogen and oxygen atoms in total. The number of rotatable bonds is 3. The Hall–Kier alpha value is -0.350. The van der Waals surface area contributed by atoms with Crippen LogP contribution in [0.1, 0.15) is 5.69 Å². The lowest BCUT2D eigenvalue weighted by Gasteiger charge is -2.05. The largest absolute Gasteiger partial charge is 0.390 e. The van der Waals surface area contributed by atoms with Gasteiger partial charge in [-0.05, 0) is 13.0 Å². The summed E-state index contributed by atoms with van der Waals surface area (Å²) in [5.41, 5.74) is 0.978. The second-order valence-electron chi connectivity index (χ2n) is 2.49. The molecule has 62 valence electrons. The van der Waals surface area contributed by atoms with E-state index >= 15 is 0 Å². The minimum atomic E-state index is -0.353. The number of alkyl halides is 1. The van der Waals surface area contributed by atoms with Gasteiger partial charge in [-0.15, -0.1) is 0 Å². The molecule has 1 N–H and O–H groups in total. The van der Waals surface area contributed by atoms with Crippen molar-refractivity contribution in [1.29, 1.82) is 0 Å². The van der Waals surface area contributed by atoms with E-state index in [1.807, 2.05) is 19.2 Å². The minimum Gasteiger partial charge on any atom is -0.390 e. The molecule has 0 bridgehead atoms. The van der Waals surface area contributed by atoms with Gasteiger partial charge in [0.25, 0.3) is 0 Å². The average Bonchev–Trinajstić information content (AvgIpc) is 2.35. The van der Waals surface area contributed by atoms with Crippen LogP contribution < -0.4 is 0 Å². The molecule has 11 heavy (non-hydrogen) atoms. The molecule has 1 atom stereocenters. The molecule has 0 aliphatic heterocycles. The summed E-state index contributed by atoms with van der Waals surface area (Å²) in [7, 11) is 0. The van der Waals surface area contributed by atoms with E-state index in [9.17, 15) is 5.11 Å². The molecule has 0 amide bonds. The zero-order chi connectivity index (χ0) is 8.27. The van der Waals surface area contributed by atoms with E-state index in [1.54, 1.807) is 4.68 Å². The highest BCUT2D eigenvalue weighted by atomic mass is 79.9. The van der Waals surface area contributed by atoms with Gasteiger partial charge in [-0.2, -0.15) is 5.10 Å². The fourth-order valence-corrected chi connectivity index (χ4v) is 1.03. The Morgan fingerprint density at radius 1 is 1.82 bits per heavy atom. The fraction of sp³-hybridized carbons (Fsp3) is 0.571. The standard InChI is InChI=1S/C7H11BrN2O/c1-6-2-3-10(9-6)5-7(11)4-8/h2-3,7,11H,4-5H2,1H3. The summed E-state index contributed by atoms with van der Waals surface area (Å²) in [5, 5.41) is 13.9. The van der Waals surface area contributed by atoms with E-state index in [4.69, 9.17) is 0 Å². The molecule has 1 unspecified atom stereocenters. The first-order valence-corrected chi connectivity index (χ1v) is 4.58. The summed E-state index contributed by atoms with van der Waals surface area (Å²) < 4.78 is 1.74. The van der Waals surface area contributed by atoms with Gasteiger partial charge < -0.3 is 5.11 Å². The molecule has 1 aromatic heterocycles. The van der Waals surface area contributed by atoms with Crippen LogP contribution in [0.3, 0.4) is 0 Å². The Balaban J connectivity index is 2.50. The van der Waals surface area contributed by atoms with Gasteiger partial charge in [0.05, 0.1) is 18.3 Å². The van der Waals surface area contributed by atoms with E-state index < -0.39 is 0 Å². The molecule has 1 aromatic rings. The van der Waals surface area contributed by atoms with Crippen LogP contribution in [-0.2, 0) is 6.54 Å². The normalized spacial score (nSPS) is 13.4. The number of aryl methyl sites for hydroxylation is 1. The van der Waals surface area contributed by atoms with Gasteiger partial charge in [0, 0.05) is 11.5 Å². The summed E-state index contributed by atoms with van der Waals surface area (Å²) in [4.78, 5) is 0. The van der Waals surface area contributed by atoms with Crippen LogP contribution in [0, 0.1) is 6.92 Å². The molecule has 0 saturated heterocycles. The van der Waals surface area contributed by atoms with E-state index in [0.717, 1.165) is 5.69 Å². The lowest BCUT2D eigenvalue weighted by atomic mass is 10.4. The number of halogens is 1. The van der Waals surface area contributed by atoms with Crippen molar-refractivity contribution in [1.82, 2.24) is 9.78 Å². The third kappa shape index (κ3) is 2.63. The van der Waals surface area contributed by atoms with Crippen molar-refractivity contribution in [2.75, 3.05) is 5.33 Å². The quantitative estimate of drug-likeness (QED) is 0.768. The summed E-state index contributed by atoms with van der Waals surface area (Å²) >= 11 is 3.19. The third-order valence-corrected chi connectivity index (χ3v) is 2.10.